The Hall–Kier alpha value is -2.63. The molecule has 0 atom stereocenters. The number of rotatable bonds is 6. The van der Waals surface area contributed by atoms with Crippen LogP contribution in [0, 0.1) is 19.7 Å². The van der Waals surface area contributed by atoms with E-state index in [0.29, 0.717) is 5.56 Å². The summed E-state index contributed by atoms with van der Waals surface area (Å²) in [5, 5.41) is 0. The van der Waals surface area contributed by atoms with Crippen LogP contribution in [0.15, 0.2) is 30.3 Å². The second-order valence-electron chi connectivity index (χ2n) is 6.43. The smallest absolute Gasteiger partial charge is 0.325 e. The Balaban J connectivity index is 2.38. The highest BCUT2D eigenvalue weighted by Crippen LogP contribution is 2.23. The van der Waals surface area contributed by atoms with Gasteiger partial charge in [0.1, 0.15) is 12.4 Å². The maximum Gasteiger partial charge on any atom is 0.325 e. The first-order valence-electron chi connectivity index (χ1n) is 8.67. The van der Waals surface area contributed by atoms with Gasteiger partial charge in [-0.2, -0.15) is 0 Å². The lowest BCUT2D eigenvalue weighted by Crippen LogP contribution is -2.41. The second-order valence-corrected chi connectivity index (χ2v) is 6.43. The van der Waals surface area contributed by atoms with Crippen molar-refractivity contribution in [3.63, 3.8) is 0 Å². The molecule has 2 rings (SSSR count). The lowest BCUT2D eigenvalue weighted by Gasteiger charge is -2.25. The molecular weight excluding hydrogens is 335 g/mol. The molecule has 6 heteroatoms. The standard InChI is InChI=1S/C20H25FN2O3/c1-6-26-19(24)12-22(13(2)3)20(25)18-11-14(4)23(15(18)5)17-9-7-16(21)8-10-17/h7-11,13H,6,12H2,1-5H3. The molecule has 0 aliphatic heterocycles. The lowest BCUT2D eigenvalue weighted by molar-refractivity contribution is -0.144. The average Bonchev–Trinajstić information content (AvgIpc) is 2.88. The van der Waals surface area contributed by atoms with Crippen molar-refractivity contribution in [1.29, 1.82) is 0 Å². The molecule has 0 spiro atoms. The van der Waals surface area contributed by atoms with Gasteiger partial charge in [-0.15, -0.1) is 0 Å². The number of benzene rings is 1. The molecule has 2 aromatic rings. The van der Waals surface area contributed by atoms with Crippen molar-refractivity contribution in [3.05, 3.63) is 53.1 Å². The minimum absolute atomic E-state index is 0.0927. The summed E-state index contributed by atoms with van der Waals surface area (Å²) < 4.78 is 20.1. The Kier molecular flexibility index (Phi) is 6.18. The number of hydrogen-bond donors (Lipinski definition) is 0. The molecule has 0 unspecified atom stereocenters. The van der Waals surface area contributed by atoms with Crippen LogP contribution in [-0.2, 0) is 9.53 Å². The van der Waals surface area contributed by atoms with E-state index < -0.39 is 5.97 Å². The second kappa shape index (κ2) is 8.17. The van der Waals surface area contributed by atoms with Crippen LogP contribution in [0.2, 0.25) is 0 Å². The first kappa shape index (κ1) is 19.7. The highest BCUT2D eigenvalue weighted by Gasteiger charge is 2.26. The maximum absolute atomic E-state index is 13.2. The molecule has 1 heterocycles. The third-order valence-corrected chi connectivity index (χ3v) is 4.24. The van der Waals surface area contributed by atoms with Crippen molar-refractivity contribution < 1.29 is 18.7 Å². The number of esters is 1. The van der Waals surface area contributed by atoms with E-state index in [4.69, 9.17) is 4.74 Å². The predicted octanol–water partition coefficient (Wildman–Crippen LogP) is 3.65. The van der Waals surface area contributed by atoms with E-state index in [9.17, 15) is 14.0 Å². The molecule has 1 aromatic carbocycles. The van der Waals surface area contributed by atoms with E-state index in [1.807, 2.05) is 32.3 Å². The van der Waals surface area contributed by atoms with Gasteiger partial charge in [0.2, 0.25) is 0 Å². The summed E-state index contributed by atoms with van der Waals surface area (Å²) in [7, 11) is 0. The topological polar surface area (TPSA) is 51.5 Å². The van der Waals surface area contributed by atoms with Crippen LogP contribution in [0.4, 0.5) is 4.39 Å². The highest BCUT2D eigenvalue weighted by molar-refractivity contribution is 5.97. The Morgan fingerprint density at radius 1 is 1.19 bits per heavy atom. The van der Waals surface area contributed by atoms with Gasteiger partial charge < -0.3 is 14.2 Å². The summed E-state index contributed by atoms with van der Waals surface area (Å²) in [6, 6.07) is 7.75. The van der Waals surface area contributed by atoms with Gasteiger partial charge in [0, 0.05) is 23.1 Å². The van der Waals surface area contributed by atoms with Crippen LogP contribution < -0.4 is 0 Å². The number of aryl methyl sites for hydroxylation is 1. The van der Waals surface area contributed by atoms with Gasteiger partial charge in [0.05, 0.1) is 12.2 Å². The van der Waals surface area contributed by atoms with Gasteiger partial charge in [0.15, 0.2) is 0 Å². The van der Waals surface area contributed by atoms with E-state index >= 15 is 0 Å². The molecule has 0 aliphatic carbocycles. The molecule has 26 heavy (non-hydrogen) atoms. The minimum atomic E-state index is -0.429. The van der Waals surface area contributed by atoms with Crippen molar-refractivity contribution in [2.75, 3.05) is 13.2 Å². The van der Waals surface area contributed by atoms with Crippen LogP contribution in [-0.4, -0.2) is 40.5 Å². The Morgan fingerprint density at radius 3 is 2.35 bits per heavy atom. The van der Waals surface area contributed by atoms with Crippen molar-refractivity contribution in [2.45, 2.75) is 40.7 Å². The molecule has 140 valence electrons. The lowest BCUT2D eigenvalue weighted by atomic mass is 10.2. The van der Waals surface area contributed by atoms with Crippen LogP contribution in [0.5, 0.6) is 0 Å². The summed E-state index contributed by atoms with van der Waals surface area (Å²) in [5.41, 5.74) is 2.90. The molecule has 0 aliphatic rings. The van der Waals surface area contributed by atoms with Crippen molar-refractivity contribution in [3.8, 4) is 5.69 Å². The normalized spacial score (nSPS) is 10.9. The van der Waals surface area contributed by atoms with Crippen molar-refractivity contribution >= 4 is 11.9 Å². The van der Waals surface area contributed by atoms with E-state index in [2.05, 4.69) is 0 Å². The number of aromatic nitrogens is 1. The van der Waals surface area contributed by atoms with E-state index in [0.717, 1.165) is 17.1 Å². The highest BCUT2D eigenvalue weighted by atomic mass is 19.1. The number of halogens is 1. The molecule has 0 N–H and O–H groups in total. The van der Waals surface area contributed by atoms with Gasteiger partial charge >= 0.3 is 5.97 Å². The van der Waals surface area contributed by atoms with Gasteiger partial charge in [-0.1, -0.05) is 0 Å². The molecule has 0 fully saturated rings. The van der Waals surface area contributed by atoms with Gasteiger partial charge in [-0.05, 0) is 65.0 Å². The zero-order valence-corrected chi connectivity index (χ0v) is 15.9. The summed E-state index contributed by atoms with van der Waals surface area (Å²) >= 11 is 0. The average molecular weight is 360 g/mol. The zero-order valence-electron chi connectivity index (χ0n) is 15.9. The fourth-order valence-electron chi connectivity index (χ4n) is 2.96. The Bertz CT molecular complexity index is 794. The summed E-state index contributed by atoms with van der Waals surface area (Å²) in [6.45, 7) is 9.36. The monoisotopic (exact) mass is 360 g/mol. The Labute approximate surface area is 153 Å². The molecule has 5 nitrogen and oxygen atoms in total. The van der Waals surface area contributed by atoms with E-state index in [-0.39, 0.29) is 30.9 Å². The van der Waals surface area contributed by atoms with Gasteiger partial charge in [0.25, 0.3) is 5.91 Å². The van der Waals surface area contributed by atoms with Crippen LogP contribution >= 0.6 is 0 Å². The summed E-state index contributed by atoms with van der Waals surface area (Å²) in [5.74, 6) is -0.968. The number of amides is 1. The fraction of sp³-hybridized carbons (Fsp3) is 0.400. The Morgan fingerprint density at radius 2 is 1.81 bits per heavy atom. The third-order valence-electron chi connectivity index (χ3n) is 4.24. The molecular formula is C20H25FN2O3. The molecule has 0 radical (unpaired) electrons. The fourth-order valence-corrected chi connectivity index (χ4v) is 2.96. The SMILES string of the molecule is CCOC(=O)CN(C(=O)c1cc(C)n(-c2ccc(F)cc2)c1C)C(C)C. The first-order chi connectivity index (χ1) is 12.3. The van der Waals surface area contributed by atoms with E-state index in [1.165, 1.54) is 17.0 Å². The molecule has 1 amide bonds. The van der Waals surface area contributed by atoms with E-state index in [1.54, 1.807) is 25.1 Å². The van der Waals surface area contributed by atoms with Crippen LogP contribution in [0.25, 0.3) is 5.69 Å². The third kappa shape index (κ3) is 4.12. The summed E-state index contributed by atoms with van der Waals surface area (Å²) in [6.07, 6.45) is 0. The van der Waals surface area contributed by atoms with Gasteiger partial charge in [-0.25, -0.2) is 4.39 Å². The maximum atomic E-state index is 13.2. The van der Waals surface area contributed by atoms with Crippen LogP contribution in [0.1, 0.15) is 42.5 Å². The zero-order chi connectivity index (χ0) is 19.4. The molecule has 0 bridgehead atoms. The largest absolute Gasteiger partial charge is 0.465 e. The number of carbonyl (C=O) groups is 2. The molecule has 0 saturated carbocycles. The molecule has 1 aromatic heterocycles. The van der Waals surface area contributed by atoms with Crippen molar-refractivity contribution in [2.24, 2.45) is 0 Å². The minimum Gasteiger partial charge on any atom is -0.465 e. The van der Waals surface area contributed by atoms with Crippen molar-refractivity contribution in [1.82, 2.24) is 9.47 Å². The molecule has 0 saturated heterocycles. The van der Waals surface area contributed by atoms with Crippen LogP contribution in [0.3, 0.4) is 0 Å². The summed E-state index contributed by atoms with van der Waals surface area (Å²) in [4.78, 5) is 26.4. The number of nitrogens with zero attached hydrogens (tertiary/aromatic N) is 2. The quantitative estimate of drug-likeness (QED) is 0.739. The first-order valence-corrected chi connectivity index (χ1v) is 8.67. The predicted molar refractivity (Wildman–Crippen MR) is 98.0 cm³/mol. The van der Waals surface area contributed by atoms with Gasteiger partial charge in [-0.3, -0.25) is 9.59 Å². The number of hydrogen-bond acceptors (Lipinski definition) is 3. The number of carbonyl (C=O) groups excluding carboxylic acids is 2. The number of ether oxygens (including phenoxy) is 1.